The average Bonchev–Trinajstić information content (AvgIpc) is 3.14. The molecule has 2 aromatic rings. The Balaban J connectivity index is 1.46. The lowest BCUT2D eigenvalue weighted by molar-refractivity contribution is 0.0650. The van der Waals surface area contributed by atoms with E-state index in [1.54, 1.807) is 11.0 Å². The number of hydrogen-bond donors (Lipinski definition) is 0. The zero-order valence-corrected chi connectivity index (χ0v) is 20.2. The fraction of sp³-hybridized carbons (Fsp3) is 0.440. The number of piperidine rings is 1. The maximum absolute atomic E-state index is 13.2. The first-order valence-electron chi connectivity index (χ1n) is 11.6. The summed E-state index contributed by atoms with van der Waals surface area (Å²) in [6, 6.07) is 13.7. The third-order valence-corrected chi connectivity index (χ3v) is 8.95. The normalized spacial score (nSPS) is 18.6. The molecule has 2 saturated heterocycles. The molecule has 0 bridgehead atoms. The molecular weight excluding hydrogens is 460 g/mol. The maximum atomic E-state index is 13.2. The Kier molecular flexibility index (Phi) is 7.51. The highest BCUT2D eigenvalue weighted by Crippen LogP contribution is 2.29. The molecule has 2 aliphatic rings. The fourth-order valence-corrected chi connectivity index (χ4v) is 6.64. The lowest BCUT2D eigenvalue weighted by atomic mass is 9.88. The molecule has 0 atom stereocenters. The molecule has 2 aromatic carbocycles. The van der Waals surface area contributed by atoms with Crippen molar-refractivity contribution in [3.05, 3.63) is 64.7 Å². The van der Waals surface area contributed by atoms with Gasteiger partial charge in [-0.3, -0.25) is 9.59 Å². The van der Waals surface area contributed by atoms with Crippen molar-refractivity contribution in [1.29, 1.82) is 0 Å². The lowest BCUT2D eigenvalue weighted by Crippen LogP contribution is -2.40. The Labute approximate surface area is 200 Å². The van der Waals surface area contributed by atoms with Gasteiger partial charge >= 0.3 is 0 Å². The smallest absolute Gasteiger partial charge is 0.253 e. The van der Waals surface area contributed by atoms with Crippen LogP contribution in [0.15, 0.2) is 53.4 Å². The Morgan fingerprint density at radius 1 is 0.818 bits per heavy atom. The van der Waals surface area contributed by atoms with E-state index in [1.165, 1.54) is 16.4 Å². The number of hydrogen-bond acceptors (Lipinski definition) is 4. The SMILES string of the molecule is O=C(c1ccccc1)C1CCN(C(=O)c2ccc(Cl)c(S(=O)(=O)N3CCCCCC3)c2)CC1. The van der Waals surface area contributed by atoms with Crippen LogP contribution < -0.4 is 0 Å². The molecule has 6 nitrogen and oxygen atoms in total. The van der Waals surface area contributed by atoms with Gasteiger partial charge in [0.25, 0.3) is 5.91 Å². The largest absolute Gasteiger partial charge is 0.339 e. The first-order valence-corrected chi connectivity index (χ1v) is 13.4. The number of benzene rings is 2. The van der Waals surface area contributed by atoms with Crippen LogP contribution in [0.4, 0.5) is 0 Å². The number of amides is 1. The fourth-order valence-electron chi connectivity index (χ4n) is 4.62. The van der Waals surface area contributed by atoms with Crippen LogP contribution in [-0.4, -0.2) is 55.5 Å². The highest BCUT2D eigenvalue weighted by Gasteiger charge is 2.31. The van der Waals surface area contributed by atoms with Crippen LogP contribution >= 0.6 is 11.6 Å². The van der Waals surface area contributed by atoms with Crippen molar-refractivity contribution in [2.24, 2.45) is 5.92 Å². The number of likely N-dealkylation sites (tertiary alicyclic amines) is 1. The summed E-state index contributed by atoms with van der Waals surface area (Å²) in [4.78, 5) is 27.6. The van der Waals surface area contributed by atoms with E-state index in [4.69, 9.17) is 11.6 Å². The molecule has 0 unspecified atom stereocenters. The summed E-state index contributed by atoms with van der Waals surface area (Å²) in [7, 11) is -3.77. The van der Waals surface area contributed by atoms with Crippen molar-refractivity contribution in [3.63, 3.8) is 0 Å². The standard InChI is InChI=1S/C25H29ClN2O4S/c26-22-11-10-21(18-23(22)33(31,32)28-14-6-1-2-7-15-28)25(30)27-16-12-20(13-17-27)24(29)19-8-4-3-5-9-19/h3-5,8-11,18,20H,1-2,6-7,12-17H2. The molecule has 0 radical (unpaired) electrons. The summed E-state index contributed by atoms with van der Waals surface area (Å²) >= 11 is 6.28. The van der Waals surface area contributed by atoms with E-state index in [0.717, 1.165) is 25.7 Å². The highest BCUT2D eigenvalue weighted by atomic mass is 35.5. The second kappa shape index (κ2) is 10.4. The number of ketones is 1. The highest BCUT2D eigenvalue weighted by molar-refractivity contribution is 7.89. The van der Waals surface area contributed by atoms with E-state index in [2.05, 4.69) is 0 Å². The van der Waals surface area contributed by atoms with Gasteiger partial charge in [-0.25, -0.2) is 8.42 Å². The maximum Gasteiger partial charge on any atom is 0.253 e. The van der Waals surface area contributed by atoms with Gasteiger partial charge in [0.05, 0.1) is 5.02 Å². The second-order valence-electron chi connectivity index (χ2n) is 8.76. The summed E-state index contributed by atoms with van der Waals surface area (Å²) < 4.78 is 28.0. The zero-order valence-electron chi connectivity index (χ0n) is 18.6. The average molecular weight is 489 g/mol. The van der Waals surface area contributed by atoms with Gasteiger partial charge in [-0.1, -0.05) is 54.8 Å². The molecule has 2 fully saturated rings. The van der Waals surface area contributed by atoms with Crippen molar-refractivity contribution >= 4 is 33.3 Å². The van der Waals surface area contributed by atoms with Crippen molar-refractivity contribution in [1.82, 2.24) is 9.21 Å². The van der Waals surface area contributed by atoms with Gasteiger partial charge in [0.1, 0.15) is 4.90 Å². The van der Waals surface area contributed by atoms with Crippen molar-refractivity contribution in [2.45, 2.75) is 43.4 Å². The molecule has 1 amide bonds. The lowest BCUT2D eigenvalue weighted by Gasteiger charge is -2.31. The van der Waals surface area contributed by atoms with Crippen LogP contribution in [0.1, 0.15) is 59.2 Å². The van der Waals surface area contributed by atoms with Gasteiger partial charge in [0.2, 0.25) is 10.0 Å². The zero-order chi connectivity index (χ0) is 23.4. The molecule has 4 rings (SSSR count). The number of nitrogens with zero attached hydrogens (tertiary/aromatic N) is 2. The molecule has 0 aromatic heterocycles. The van der Waals surface area contributed by atoms with Gasteiger partial charge in [0.15, 0.2) is 5.78 Å². The Hall–Kier alpha value is -2.22. The Morgan fingerprint density at radius 2 is 1.45 bits per heavy atom. The number of rotatable bonds is 5. The van der Waals surface area contributed by atoms with E-state index in [-0.39, 0.29) is 27.5 Å². The second-order valence-corrected chi connectivity index (χ2v) is 11.1. The summed E-state index contributed by atoms with van der Waals surface area (Å²) in [5.74, 6) is -0.231. The van der Waals surface area contributed by atoms with Crippen molar-refractivity contribution in [2.75, 3.05) is 26.2 Å². The number of halogens is 1. The van der Waals surface area contributed by atoms with E-state index >= 15 is 0 Å². The first-order chi connectivity index (χ1) is 15.9. The molecule has 2 aliphatic heterocycles. The van der Waals surface area contributed by atoms with Crippen LogP contribution in [0.2, 0.25) is 5.02 Å². The van der Waals surface area contributed by atoms with Crippen LogP contribution in [0.25, 0.3) is 0 Å². The molecule has 8 heteroatoms. The van der Waals surface area contributed by atoms with Crippen molar-refractivity contribution in [3.8, 4) is 0 Å². The van der Waals surface area contributed by atoms with Gasteiger partial charge < -0.3 is 4.90 Å². The minimum atomic E-state index is -3.77. The molecule has 0 N–H and O–H groups in total. The molecule has 0 saturated carbocycles. The van der Waals surface area contributed by atoms with Gasteiger partial charge in [-0.05, 0) is 43.9 Å². The molecule has 176 valence electrons. The quantitative estimate of drug-likeness (QED) is 0.574. The third kappa shape index (κ3) is 5.31. The molecular formula is C25H29ClN2O4S. The van der Waals surface area contributed by atoms with Crippen LogP contribution in [0.5, 0.6) is 0 Å². The molecule has 33 heavy (non-hydrogen) atoms. The van der Waals surface area contributed by atoms with Gasteiger partial charge in [0, 0.05) is 43.2 Å². The van der Waals surface area contributed by atoms with Crippen LogP contribution in [0, 0.1) is 5.92 Å². The predicted octanol–water partition coefficient (Wildman–Crippen LogP) is 4.64. The monoisotopic (exact) mass is 488 g/mol. The van der Waals surface area contributed by atoms with Gasteiger partial charge in [-0.15, -0.1) is 0 Å². The first kappa shape index (κ1) is 23.9. The number of carbonyl (C=O) groups is 2. The van der Waals surface area contributed by atoms with E-state index in [0.29, 0.717) is 50.1 Å². The number of sulfonamides is 1. The van der Waals surface area contributed by atoms with E-state index in [1.807, 2.05) is 30.3 Å². The Morgan fingerprint density at radius 3 is 2.09 bits per heavy atom. The summed E-state index contributed by atoms with van der Waals surface area (Å²) in [6.45, 7) is 1.86. The van der Waals surface area contributed by atoms with E-state index < -0.39 is 10.0 Å². The minimum Gasteiger partial charge on any atom is -0.339 e. The summed E-state index contributed by atoms with van der Waals surface area (Å²) in [5, 5.41) is 0.128. The molecule has 2 heterocycles. The number of Topliss-reactive ketones (excluding diaryl/α,β-unsaturated/α-hetero) is 1. The molecule has 0 aliphatic carbocycles. The molecule has 0 spiro atoms. The minimum absolute atomic E-state index is 0.00828. The summed E-state index contributed by atoms with van der Waals surface area (Å²) in [5.41, 5.74) is 1.00. The van der Waals surface area contributed by atoms with Crippen LogP contribution in [0.3, 0.4) is 0 Å². The van der Waals surface area contributed by atoms with Gasteiger partial charge in [-0.2, -0.15) is 4.31 Å². The van der Waals surface area contributed by atoms with Crippen LogP contribution in [-0.2, 0) is 10.0 Å². The topological polar surface area (TPSA) is 74.8 Å². The number of carbonyl (C=O) groups excluding carboxylic acids is 2. The predicted molar refractivity (Wildman–Crippen MR) is 128 cm³/mol. The summed E-state index contributed by atoms with van der Waals surface area (Å²) in [6.07, 6.45) is 4.86. The Bertz CT molecular complexity index is 1100. The third-order valence-electron chi connectivity index (χ3n) is 6.57. The van der Waals surface area contributed by atoms with E-state index in [9.17, 15) is 18.0 Å². The van der Waals surface area contributed by atoms with Crippen molar-refractivity contribution < 1.29 is 18.0 Å².